The van der Waals surface area contributed by atoms with Gasteiger partial charge in [-0.15, -0.1) is 0 Å². The van der Waals surface area contributed by atoms with Gasteiger partial charge in [-0.05, 0) is 24.8 Å². The molecule has 1 rings (SSSR count). The third kappa shape index (κ3) is 5.61. The molecular formula is C15H26. The number of benzene rings is 1. The molecule has 0 saturated heterocycles. The Balaban J connectivity index is 0.000000921. The van der Waals surface area contributed by atoms with Crippen LogP contribution in [0.1, 0.15) is 64.0 Å². The zero-order chi connectivity index (χ0) is 11.7. The van der Waals surface area contributed by atoms with Crippen LogP contribution in [-0.4, -0.2) is 0 Å². The SMILES string of the molecule is CC.CCCC[C@@H](C)c1cccc(C)c1. The summed E-state index contributed by atoms with van der Waals surface area (Å²) in [5.41, 5.74) is 2.87. The average molecular weight is 206 g/mol. The molecular weight excluding hydrogens is 180 g/mol. The standard InChI is InChI=1S/C13H20.C2H6/c1-4-5-8-12(3)13-9-6-7-11(2)10-13;1-2/h6-7,9-10,12H,4-5,8H2,1-3H3;1-2H3/t12-;/m1./s1. The van der Waals surface area contributed by atoms with Gasteiger partial charge in [0.2, 0.25) is 0 Å². The van der Waals surface area contributed by atoms with E-state index in [9.17, 15) is 0 Å². The summed E-state index contributed by atoms with van der Waals surface area (Å²) in [4.78, 5) is 0. The highest BCUT2D eigenvalue weighted by Crippen LogP contribution is 2.21. The van der Waals surface area contributed by atoms with Crippen LogP contribution in [0.25, 0.3) is 0 Å². The van der Waals surface area contributed by atoms with E-state index in [0.717, 1.165) is 5.92 Å². The highest BCUT2D eigenvalue weighted by Gasteiger charge is 2.03. The van der Waals surface area contributed by atoms with Crippen LogP contribution in [0.4, 0.5) is 0 Å². The van der Waals surface area contributed by atoms with Crippen molar-refractivity contribution in [2.45, 2.75) is 59.8 Å². The fraction of sp³-hybridized carbons (Fsp3) is 0.600. The molecule has 0 aliphatic carbocycles. The normalized spacial score (nSPS) is 11.5. The first-order valence-corrected chi connectivity index (χ1v) is 6.30. The lowest BCUT2D eigenvalue weighted by Gasteiger charge is -2.11. The first-order valence-electron chi connectivity index (χ1n) is 6.30. The van der Waals surface area contributed by atoms with Gasteiger partial charge in [0.15, 0.2) is 0 Å². The molecule has 0 radical (unpaired) electrons. The minimum Gasteiger partial charge on any atom is -0.0683 e. The molecule has 1 aromatic rings. The van der Waals surface area contributed by atoms with E-state index in [1.54, 1.807) is 0 Å². The molecule has 0 fully saturated rings. The lowest BCUT2D eigenvalue weighted by molar-refractivity contribution is 0.624. The van der Waals surface area contributed by atoms with Crippen LogP contribution in [0.2, 0.25) is 0 Å². The Kier molecular flexibility index (Phi) is 8.08. The number of unbranched alkanes of at least 4 members (excludes halogenated alkanes) is 1. The molecule has 1 aromatic carbocycles. The monoisotopic (exact) mass is 206 g/mol. The van der Waals surface area contributed by atoms with Crippen LogP contribution >= 0.6 is 0 Å². The largest absolute Gasteiger partial charge is 0.0683 e. The molecule has 0 aromatic heterocycles. The van der Waals surface area contributed by atoms with E-state index in [1.165, 1.54) is 30.4 Å². The average Bonchev–Trinajstić information content (AvgIpc) is 2.28. The van der Waals surface area contributed by atoms with Crippen LogP contribution in [0.3, 0.4) is 0 Å². The molecule has 15 heavy (non-hydrogen) atoms. The summed E-state index contributed by atoms with van der Waals surface area (Å²) >= 11 is 0. The zero-order valence-corrected chi connectivity index (χ0v) is 11.0. The van der Waals surface area contributed by atoms with Gasteiger partial charge >= 0.3 is 0 Å². The molecule has 0 N–H and O–H groups in total. The minimum atomic E-state index is 0.722. The van der Waals surface area contributed by atoms with E-state index in [0.29, 0.717) is 0 Å². The molecule has 0 nitrogen and oxygen atoms in total. The fourth-order valence-electron chi connectivity index (χ4n) is 1.65. The van der Waals surface area contributed by atoms with Gasteiger partial charge < -0.3 is 0 Å². The van der Waals surface area contributed by atoms with Crippen molar-refractivity contribution in [2.75, 3.05) is 0 Å². The Bertz CT molecular complexity index is 250. The highest BCUT2D eigenvalue weighted by atomic mass is 14.1. The molecule has 0 aliphatic rings. The Morgan fingerprint density at radius 3 is 2.40 bits per heavy atom. The van der Waals surface area contributed by atoms with E-state index in [2.05, 4.69) is 45.0 Å². The predicted octanol–water partition coefficient (Wildman–Crippen LogP) is 5.31. The molecule has 0 amide bonds. The second kappa shape index (κ2) is 8.52. The molecule has 1 atom stereocenters. The maximum absolute atomic E-state index is 2.32. The van der Waals surface area contributed by atoms with Crippen LogP contribution in [-0.2, 0) is 0 Å². The van der Waals surface area contributed by atoms with E-state index in [-0.39, 0.29) is 0 Å². The van der Waals surface area contributed by atoms with Crippen molar-refractivity contribution in [3.8, 4) is 0 Å². The topological polar surface area (TPSA) is 0 Å². The number of rotatable bonds is 4. The first kappa shape index (κ1) is 14.2. The number of hydrogen-bond acceptors (Lipinski definition) is 0. The van der Waals surface area contributed by atoms with E-state index in [1.807, 2.05) is 13.8 Å². The summed E-state index contributed by atoms with van der Waals surface area (Å²) in [5, 5.41) is 0. The van der Waals surface area contributed by atoms with Gasteiger partial charge in [0, 0.05) is 0 Å². The van der Waals surface area contributed by atoms with Gasteiger partial charge in [-0.25, -0.2) is 0 Å². The fourth-order valence-corrected chi connectivity index (χ4v) is 1.65. The van der Waals surface area contributed by atoms with Crippen molar-refractivity contribution < 1.29 is 0 Å². The van der Waals surface area contributed by atoms with Gasteiger partial charge in [0.05, 0.1) is 0 Å². The second-order valence-corrected chi connectivity index (χ2v) is 3.96. The van der Waals surface area contributed by atoms with Crippen LogP contribution in [0.15, 0.2) is 24.3 Å². The van der Waals surface area contributed by atoms with E-state index < -0.39 is 0 Å². The lowest BCUT2D eigenvalue weighted by Crippen LogP contribution is -1.93. The molecule has 0 spiro atoms. The summed E-state index contributed by atoms with van der Waals surface area (Å²) < 4.78 is 0. The third-order valence-corrected chi connectivity index (χ3v) is 2.60. The maximum atomic E-state index is 2.32. The molecule has 0 unspecified atom stereocenters. The van der Waals surface area contributed by atoms with Crippen LogP contribution in [0.5, 0.6) is 0 Å². The smallest absolute Gasteiger partial charge is 0.0190 e. The quantitative estimate of drug-likeness (QED) is 0.626. The lowest BCUT2D eigenvalue weighted by atomic mass is 9.94. The molecule has 0 bridgehead atoms. The molecule has 0 aliphatic heterocycles. The Morgan fingerprint density at radius 1 is 1.20 bits per heavy atom. The molecule has 86 valence electrons. The van der Waals surface area contributed by atoms with Crippen LogP contribution < -0.4 is 0 Å². The summed E-state index contributed by atoms with van der Waals surface area (Å²) in [6.45, 7) is 10.7. The summed E-state index contributed by atoms with van der Waals surface area (Å²) in [6.07, 6.45) is 3.96. The van der Waals surface area contributed by atoms with Crippen molar-refractivity contribution in [1.82, 2.24) is 0 Å². The third-order valence-electron chi connectivity index (χ3n) is 2.60. The molecule has 0 heterocycles. The van der Waals surface area contributed by atoms with Crippen molar-refractivity contribution in [1.29, 1.82) is 0 Å². The molecule has 0 saturated carbocycles. The van der Waals surface area contributed by atoms with Gasteiger partial charge in [0.25, 0.3) is 0 Å². The van der Waals surface area contributed by atoms with E-state index in [4.69, 9.17) is 0 Å². The zero-order valence-electron chi connectivity index (χ0n) is 11.0. The second-order valence-electron chi connectivity index (χ2n) is 3.96. The minimum absolute atomic E-state index is 0.722. The number of aryl methyl sites for hydroxylation is 1. The van der Waals surface area contributed by atoms with Gasteiger partial charge in [-0.3, -0.25) is 0 Å². The van der Waals surface area contributed by atoms with Crippen molar-refractivity contribution in [3.63, 3.8) is 0 Å². The highest BCUT2D eigenvalue weighted by molar-refractivity contribution is 5.24. The summed E-state index contributed by atoms with van der Waals surface area (Å²) in [6, 6.07) is 8.87. The maximum Gasteiger partial charge on any atom is -0.0190 e. The summed E-state index contributed by atoms with van der Waals surface area (Å²) in [5.74, 6) is 0.722. The van der Waals surface area contributed by atoms with Crippen molar-refractivity contribution in [2.24, 2.45) is 0 Å². The Labute approximate surface area is 95.7 Å². The van der Waals surface area contributed by atoms with Crippen LogP contribution in [0, 0.1) is 6.92 Å². The van der Waals surface area contributed by atoms with Gasteiger partial charge in [-0.1, -0.05) is 70.4 Å². The van der Waals surface area contributed by atoms with E-state index >= 15 is 0 Å². The van der Waals surface area contributed by atoms with Crippen molar-refractivity contribution >= 4 is 0 Å². The van der Waals surface area contributed by atoms with Gasteiger partial charge in [-0.2, -0.15) is 0 Å². The Morgan fingerprint density at radius 2 is 1.87 bits per heavy atom. The summed E-state index contributed by atoms with van der Waals surface area (Å²) in [7, 11) is 0. The Hall–Kier alpha value is -0.780. The number of hydrogen-bond donors (Lipinski definition) is 0. The predicted molar refractivity (Wildman–Crippen MR) is 70.5 cm³/mol. The first-order chi connectivity index (χ1) is 7.24. The van der Waals surface area contributed by atoms with Gasteiger partial charge in [0.1, 0.15) is 0 Å². The van der Waals surface area contributed by atoms with Crippen molar-refractivity contribution in [3.05, 3.63) is 35.4 Å². The molecule has 0 heteroatoms.